The Hall–Kier alpha value is -5.30. The first-order valence-corrected chi connectivity index (χ1v) is 19.1. The van der Waals surface area contributed by atoms with Gasteiger partial charge in [-0.1, -0.05) is 59.6 Å². The lowest BCUT2D eigenvalue weighted by atomic mass is 9.98. The van der Waals surface area contributed by atoms with Gasteiger partial charge in [-0.15, -0.1) is 0 Å². The summed E-state index contributed by atoms with van der Waals surface area (Å²) in [5.41, 5.74) is 5.72. The number of aromatic nitrogens is 3. The molecule has 7 rings (SSSR count). The predicted molar refractivity (Wildman–Crippen MR) is 214 cm³/mol. The van der Waals surface area contributed by atoms with E-state index < -0.39 is 17.7 Å². The van der Waals surface area contributed by atoms with E-state index in [2.05, 4.69) is 15.2 Å². The van der Waals surface area contributed by atoms with E-state index in [1.165, 1.54) is 7.11 Å². The summed E-state index contributed by atoms with van der Waals surface area (Å²) in [6.07, 6.45) is 4.13. The molecule has 5 aromatic rings. The molecule has 0 spiro atoms. The van der Waals surface area contributed by atoms with Crippen LogP contribution in [-0.2, 0) is 27.4 Å². The molecule has 2 amide bonds. The lowest BCUT2D eigenvalue weighted by Gasteiger charge is -2.36. The van der Waals surface area contributed by atoms with Crippen molar-refractivity contribution < 1.29 is 29.0 Å². The van der Waals surface area contributed by atoms with Gasteiger partial charge in [-0.05, 0) is 57.0 Å². The first-order valence-electron chi connectivity index (χ1n) is 18.4. The molecular weight excluding hydrogens is 755 g/mol. The van der Waals surface area contributed by atoms with E-state index in [4.69, 9.17) is 42.6 Å². The van der Waals surface area contributed by atoms with Gasteiger partial charge in [0.15, 0.2) is 0 Å². The molecule has 2 aromatic carbocycles. The van der Waals surface area contributed by atoms with Crippen LogP contribution in [0.4, 0.5) is 4.79 Å². The second-order valence-corrected chi connectivity index (χ2v) is 16.0. The average molecular weight is 798 g/mol. The molecule has 1 atom stereocenters. The van der Waals surface area contributed by atoms with Crippen LogP contribution < -0.4 is 10.1 Å². The third-order valence-electron chi connectivity index (χ3n) is 9.85. The van der Waals surface area contributed by atoms with Crippen molar-refractivity contribution >= 4 is 52.1 Å². The number of carboxylic acids is 1. The molecule has 0 bridgehead atoms. The number of nitrogens with one attached hydrogen (secondary N) is 1. The van der Waals surface area contributed by atoms with Crippen LogP contribution in [0.2, 0.25) is 10.0 Å². The number of methoxy groups -OCH3 is 1. The quantitative estimate of drug-likeness (QED) is 0.135. The number of pyridine rings is 3. The summed E-state index contributed by atoms with van der Waals surface area (Å²) in [5.74, 6) is -0.784. The van der Waals surface area contributed by atoms with Gasteiger partial charge in [-0.25, -0.2) is 9.78 Å². The molecule has 2 aliphatic heterocycles. The third-order valence-corrected chi connectivity index (χ3v) is 10.7. The number of fused-ring (bicyclic) bond motifs is 1. The molecule has 0 aliphatic carbocycles. The zero-order valence-corrected chi connectivity index (χ0v) is 33.0. The number of aliphatic carboxylic acids is 1. The Morgan fingerprint density at radius 3 is 2.25 bits per heavy atom. The maximum Gasteiger partial charge on any atom is 0.410 e. The van der Waals surface area contributed by atoms with E-state index in [9.17, 15) is 19.5 Å². The Kier molecular flexibility index (Phi) is 11.2. The van der Waals surface area contributed by atoms with Gasteiger partial charge in [-0.3, -0.25) is 24.5 Å². The summed E-state index contributed by atoms with van der Waals surface area (Å²) < 4.78 is 11.4. The van der Waals surface area contributed by atoms with Crippen molar-refractivity contribution in [3.63, 3.8) is 0 Å². The number of benzene rings is 2. The molecule has 2 fully saturated rings. The van der Waals surface area contributed by atoms with Gasteiger partial charge in [0.25, 0.3) is 0 Å². The molecule has 0 radical (unpaired) electrons. The summed E-state index contributed by atoms with van der Waals surface area (Å²) in [6.45, 7) is 7.55. The van der Waals surface area contributed by atoms with Crippen LogP contribution in [0.3, 0.4) is 0 Å². The zero-order valence-electron chi connectivity index (χ0n) is 31.5. The van der Waals surface area contributed by atoms with Gasteiger partial charge in [0.2, 0.25) is 11.8 Å². The van der Waals surface area contributed by atoms with Crippen LogP contribution >= 0.6 is 23.2 Å². The van der Waals surface area contributed by atoms with E-state index in [1.54, 1.807) is 11.1 Å². The maximum atomic E-state index is 13.3. The molecule has 14 heteroatoms. The van der Waals surface area contributed by atoms with Gasteiger partial charge in [0.05, 0.1) is 46.5 Å². The summed E-state index contributed by atoms with van der Waals surface area (Å²) in [6, 6.07) is 18.8. The van der Waals surface area contributed by atoms with Gasteiger partial charge in [0.1, 0.15) is 5.60 Å². The summed E-state index contributed by atoms with van der Waals surface area (Å²) in [7, 11) is 1.52. The van der Waals surface area contributed by atoms with E-state index in [1.807, 2.05) is 87.6 Å². The van der Waals surface area contributed by atoms with E-state index in [0.717, 1.165) is 22.0 Å². The fraction of sp³-hybridized carbons (Fsp3) is 0.333. The van der Waals surface area contributed by atoms with Crippen LogP contribution in [0, 0.1) is 5.92 Å². The highest BCUT2D eigenvalue weighted by atomic mass is 35.5. The summed E-state index contributed by atoms with van der Waals surface area (Å²) in [5, 5.41) is 13.9. The number of rotatable bonds is 11. The fourth-order valence-electron chi connectivity index (χ4n) is 7.02. The Morgan fingerprint density at radius 1 is 0.946 bits per heavy atom. The second kappa shape index (κ2) is 16.0. The largest absolute Gasteiger partial charge is 0.481 e. The Balaban J connectivity index is 1.13. The molecule has 56 heavy (non-hydrogen) atoms. The number of nitrogens with zero attached hydrogens (tertiary/aromatic N) is 5. The number of ether oxygens (including phenoxy) is 2. The fourth-order valence-corrected chi connectivity index (χ4v) is 7.67. The maximum absolute atomic E-state index is 13.3. The molecule has 12 nitrogen and oxygen atoms in total. The normalized spacial score (nSPS) is 16.0. The van der Waals surface area contributed by atoms with Crippen molar-refractivity contribution in [1.82, 2.24) is 30.1 Å². The first-order chi connectivity index (χ1) is 26.8. The number of carboxylic acid groups (broad SMARTS) is 1. The van der Waals surface area contributed by atoms with Crippen LogP contribution in [0.25, 0.3) is 44.5 Å². The minimum absolute atomic E-state index is 0.0363. The lowest BCUT2D eigenvalue weighted by Crippen LogP contribution is -2.49. The molecule has 0 saturated carbocycles. The number of halogens is 2. The molecule has 5 heterocycles. The van der Waals surface area contributed by atoms with Crippen molar-refractivity contribution in [2.24, 2.45) is 5.92 Å². The number of hydrogen-bond donors (Lipinski definition) is 2. The van der Waals surface area contributed by atoms with Crippen LogP contribution in [0.15, 0.2) is 73.1 Å². The van der Waals surface area contributed by atoms with E-state index >= 15 is 0 Å². The highest BCUT2D eigenvalue weighted by Gasteiger charge is 2.32. The van der Waals surface area contributed by atoms with Crippen molar-refractivity contribution in [3.8, 4) is 39.5 Å². The number of likely N-dealkylation sites (tertiary alicyclic amines) is 1. The van der Waals surface area contributed by atoms with Gasteiger partial charge in [0, 0.05) is 84.2 Å². The van der Waals surface area contributed by atoms with Gasteiger partial charge >= 0.3 is 12.1 Å². The highest BCUT2D eigenvalue weighted by Crippen LogP contribution is 2.42. The topological polar surface area (TPSA) is 147 Å². The van der Waals surface area contributed by atoms with Crippen LogP contribution in [-0.4, -0.2) is 86.2 Å². The predicted octanol–water partition coefficient (Wildman–Crippen LogP) is 7.87. The first kappa shape index (κ1) is 39.0. The number of amides is 2. The molecular formula is C42H42Cl2N6O6. The van der Waals surface area contributed by atoms with E-state index in [-0.39, 0.29) is 31.0 Å². The summed E-state index contributed by atoms with van der Waals surface area (Å²) >= 11 is 14.3. The molecule has 2 N–H and O–H groups in total. The third kappa shape index (κ3) is 8.57. The molecule has 290 valence electrons. The number of carbonyl (C=O) groups excluding carboxylic acids is 2. The zero-order chi connectivity index (χ0) is 39.7. The van der Waals surface area contributed by atoms with Gasteiger partial charge < -0.3 is 24.8 Å². The Labute approximate surface area is 334 Å². The van der Waals surface area contributed by atoms with Crippen LogP contribution in [0.1, 0.15) is 44.7 Å². The van der Waals surface area contributed by atoms with Crippen molar-refractivity contribution in [2.75, 3.05) is 26.7 Å². The van der Waals surface area contributed by atoms with Crippen molar-refractivity contribution in [3.05, 3.63) is 94.2 Å². The SMILES string of the molecule is COc1nc(-c2cccc(-c3cccc(-c4cc5ncc(CN6CC(C(=O)O)C6)cc5cn4)c3Cl)c2Cl)ccc1CN(CC1CCC(=O)N1)C(=O)OC(C)(C)C. The highest BCUT2D eigenvalue weighted by molar-refractivity contribution is 6.39. The Bertz CT molecular complexity index is 2330. The minimum atomic E-state index is -0.758. The minimum Gasteiger partial charge on any atom is -0.481 e. The Morgan fingerprint density at radius 2 is 1.62 bits per heavy atom. The summed E-state index contributed by atoms with van der Waals surface area (Å²) in [4.78, 5) is 54.3. The molecule has 1 unspecified atom stereocenters. The second-order valence-electron chi connectivity index (χ2n) is 15.2. The van der Waals surface area contributed by atoms with Crippen molar-refractivity contribution in [2.45, 2.75) is 58.3 Å². The molecule has 3 aromatic heterocycles. The monoisotopic (exact) mass is 796 g/mol. The van der Waals surface area contributed by atoms with E-state index in [0.29, 0.717) is 82.0 Å². The standard InChI is InChI=1S/C42H42Cl2N6O6/c1-42(2,3)56-41(54)50(23-28-12-14-36(51)47-28)22-25-11-13-33(48-39(25)55-4)31-9-5-7-29(37(31)43)30-8-6-10-32(38(30)44)35-16-34-26(18-46-35)15-24(17-45-34)19-49-20-27(21-49)40(52)53/h5-11,13,15-18,27-28H,12,14,19-23H2,1-4H3,(H,47,51)(H,52,53). The smallest absolute Gasteiger partial charge is 0.410 e. The molecule has 2 saturated heterocycles. The lowest BCUT2D eigenvalue weighted by molar-refractivity contribution is -0.147. The number of carbonyl (C=O) groups is 3. The molecule has 2 aliphatic rings. The average Bonchev–Trinajstić information content (AvgIpc) is 3.56. The van der Waals surface area contributed by atoms with Crippen molar-refractivity contribution in [1.29, 1.82) is 0 Å². The number of hydrogen-bond acceptors (Lipinski definition) is 9. The van der Waals surface area contributed by atoms with Crippen LogP contribution in [0.5, 0.6) is 5.88 Å². The van der Waals surface area contributed by atoms with Gasteiger partial charge in [-0.2, -0.15) is 0 Å².